The van der Waals surface area contributed by atoms with Crippen molar-refractivity contribution in [3.8, 4) is 11.3 Å². The van der Waals surface area contributed by atoms with E-state index in [2.05, 4.69) is 15.3 Å². The van der Waals surface area contributed by atoms with Gasteiger partial charge in [-0.1, -0.05) is 36.4 Å². The molecular weight excluding hydrogens is 457 g/mol. The Hall–Kier alpha value is -3.98. The van der Waals surface area contributed by atoms with Crippen LogP contribution in [-0.4, -0.2) is 31.5 Å². The number of rotatable bonds is 7. The fraction of sp³-hybridized carbons (Fsp3) is 0.192. The van der Waals surface area contributed by atoms with Crippen LogP contribution in [0, 0.1) is 6.92 Å². The highest BCUT2D eigenvalue weighted by molar-refractivity contribution is 5.77. The quantitative estimate of drug-likeness (QED) is 0.344. The number of aliphatic carboxylic acids is 1. The summed E-state index contributed by atoms with van der Waals surface area (Å²) in [7, 11) is 0. The summed E-state index contributed by atoms with van der Waals surface area (Å²) < 4.78 is 42.8. The van der Waals surface area contributed by atoms with Gasteiger partial charge in [0.05, 0.1) is 17.5 Å². The van der Waals surface area contributed by atoms with Crippen molar-refractivity contribution in [3.63, 3.8) is 0 Å². The third-order valence-corrected chi connectivity index (χ3v) is 5.78. The molecule has 0 aliphatic carbocycles. The molecule has 0 bridgehead atoms. The lowest BCUT2D eigenvalue weighted by molar-refractivity contribution is -0.139. The molecule has 0 saturated heterocycles. The summed E-state index contributed by atoms with van der Waals surface area (Å²) in [6.07, 6.45) is 5.57. The maximum atomic E-state index is 13.6. The molecular formula is C26H23F3N4O2. The fourth-order valence-electron chi connectivity index (χ4n) is 3.73. The van der Waals surface area contributed by atoms with Crippen LogP contribution in [0.2, 0.25) is 0 Å². The third kappa shape index (κ3) is 5.41. The molecule has 0 saturated carbocycles. The van der Waals surface area contributed by atoms with Crippen LogP contribution in [0.5, 0.6) is 0 Å². The number of alkyl halides is 3. The minimum atomic E-state index is -4.53. The van der Waals surface area contributed by atoms with Crippen molar-refractivity contribution in [1.29, 1.82) is 0 Å². The summed E-state index contributed by atoms with van der Waals surface area (Å²) in [4.78, 5) is 19.7. The standard InChI is InChI=1S/C26H23F3N4O2/c1-16-19(4-3-5-21(16)23-15-33-11-10-30-24(33)14-32-23)7-8-20-12-18(13-31-17(2)25(34)35)6-9-22(20)26(27,28)29/h3-12,14-15,17,31H,13H2,1-2H3,(H,34,35)/b8-7+. The van der Waals surface area contributed by atoms with Crippen molar-refractivity contribution in [1.82, 2.24) is 19.7 Å². The number of hydrogen-bond acceptors (Lipinski definition) is 4. The van der Waals surface area contributed by atoms with Gasteiger partial charge in [-0.3, -0.25) is 9.78 Å². The van der Waals surface area contributed by atoms with Gasteiger partial charge in [0, 0.05) is 30.7 Å². The average molecular weight is 480 g/mol. The number of nitrogens with one attached hydrogen (secondary N) is 1. The van der Waals surface area contributed by atoms with Gasteiger partial charge in [0.1, 0.15) is 6.04 Å². The Bertz CT molecular complexity index is 1410. The van der Waals surface area contributed by atoms with E-state index in [1.54, 1.807) is 18.5 Å². The maximum Gasteiger partial charge on any atom is 0.416 e. The van der Waals surface area contributed by atoms with E-state index in [1.807, 2.05) is 41.9 Å². The number of benzene rings is 2. The van der Waals surface area contributed by atoms with Gasteiger partial charge in [0.15, 0.2) is 5.65 Å². The molecule has 2 aromatic carbocycles. The zero-order chi connectivity index (χ0) is 25.2. The zero-order valence-electron chi connectivity index (χ0n) is 19.0. The van der Waals surface area contributed by atoms with E-state index in [4.69, 9.17) is 5.11 Å². The van der Waals surface area contributed by atoms with Gasteiger partial charge in [0.2, 0.25) is 0 Å². The molecule has 2 aromatic heterocycles. The first kappa shape index (κ1) is 24.2. The van der Waals surface area contributed by atoms with Crippen LogP contribution in [0.1, 0.15) is 34.7 Å². The summed E-state index contributed by atoms with van der Waals surface area (Å²) in [5, 5.41) is 11.8. The molecule has 6 nitrogen and oxygen atoms in total. The number of hydrogen-bond donors (Lipinski definition) is 2. The van der Waals surface area contributed by atoms with E-state index in [1.165, 1.54) is 25.1 Å². The molecule has 1 atom stereocenters. The van der Waals surface area contributed by atoms with Gasteiger partial charge < -0.3 is 14.8 Å². The van der Waals surface area contributed by atoms with Gasteiger partial charge in [0.25, 0.3) is 0 Å². The molecule has 0 spiro atoms. The second-order valence-electron chi connectivity index (χ2n) is 8.18. The molecule has 0 aliphatic heterocycles. The number of nitrogens with zero attached hydrogens (tertiary/aromatic N) is 3. The van der Waals surface area contributed by atoms with Gasteiger partial charge >= 0.3 is 12.1 Å². The molecule has 0 amide bonds. The Kier molecular flexibility index (Phi) is 6.70. The SMILES string of the molecule is Cc1c(/C=C/c2cc(CNC(C)C(=O)O)ccc2C(F)(F)F)cccc1-c1cn2ccnc2cn1. The molecule has 4 aromatic rings. The molecule has 1 unspecified atom stereocenters. The number of imidazole rings is 1. The Morgan fingerprint density at radius 2 is 1.94 bits per heavy atom. The van der Waals surface area contributed by atoms with Gasteiger partial charge in [-0.25, -0.2) is 4.98 Å². The van der Waals surface area contributed by atoms with Gasteiger partial charge in [-0.15, -0.1) is 0 Å². The average Bonchev–Trinajstić information content (AvgIpc) is 3.29. The normalized spacial score (nSPS) is 12.9. The second-order valence-corrected chi connectivity index (χ2v) is 8.18. The van der Waals surface area contributed by atoms with Gasteiger partial charge in [-0.2, -0.15) is 13.2 Å². The number of halogens is 3. The molecule has 180 valence electrons. The van der Waals surface area contributed by atoms with Crippen molar-refractivity contribution < 1.29 is 23.1 Å². The minimum absolute atomic E-state index is 0.00235. The number of carboxylic acid groups (broad SMARTS) is 1. The molecule has 2 N–H and O–H groups in total. The Morgan fingerprint density at radius 1 is 1.17 bits per heavy atom. The predicted molar refractivity (Wildman–Crippen MR) is 127 cm³/mol. The first-order valence-electron chi connectivity index (χ1n) is 10.9. The molecule has 0 fully saturated rings. The predicted octanol–water partition coefficient (Wildman–Crippen LogP) is 5.46. The van der Waals surface area contributed by atoms with Crippen LogP contribution in [0.4, 0.5) is 13.2 Å². The highest BCUT2D eigenvalue weighted by atomic mass is 19.4. The van der Waals surface area contributed by atoms with E-state index in [0.717, 1.165) is 28.5 Å². The van der Waals surface area contributed by atoms with E-state index >= 15 is 0 Å². The van der Waals surface area contributed by atoms with Crippen LogP contribution in [0.25, 0.3) is 29.1 Å². The molecule has 2 heterocycles. The summed E-state index contributed by atoms with van der Waals surface area (Å²) in [6, 6.07) is 8.56. The Balaban J connectivity index is 1.67. The van der Waals surface area contributed by atoms with Crippen LogP contribution in [0.3, 0.4) is 0 Å². The third-order valence-electron chi connectivity index (χ3n) is 5.78. The summed E-state index contributed by atoms with van der Waals surface area (Å²) in [5.74, 6) is -1.03. The lowest BCUT2D eigenvalue weighted by Gasteiger charge is -2.14. The lowest BCUT2D eigenvalue weighted by atomic mass is 9.97. The van der Waals surface area contributed by atoms with Crippen LogP contribution >= 0.6 is 0 Å². The van der Waals surface area contributed by atoms with E-state index in [0.29, 0.717) is 11.2 Å². The first-order chi connectivity index (χ1) is 16.6. The van der Waals surface area contributed by atoms with Crippen molar-refractivity contribution >= 4 is 23.8 Å². The van der Waals surface area contributed by atoms with E-state index < -0.39 is 23.8 Å². The summed E-state index contributed by atoms with van der Waals surface area (Å²) in [5.41, 5.74) is 3.72. The zero-order valence-corrected chi connectivity index (χ0v) is 19.0. The molecule has 4 rings (SSSR count). The Morgan fingerprint density at radius 3 is 2.69 bits per heavy atom. The van der Waals surface area contributed by atoms with Crippen molar-refractivity contribution in [2.75, 3.05) is 0 Å². The van der Waals surface area contributed by atoms with Crippen molar-refractivity contribution in [2.45, 2.75) is 32.6 Å². The van der Waals surface area contributed by atoms with Crippen molar-refractivity contribution in [3.05, 3.63) is 89.0 Å². The van der Waals surface area contributed by atoms with Gasteiger partial charge in [-0.05, 0) is 48.2 Å². The number of carbonyl (C=O) groups is 1. The summed E-state index contributed by atoms with van der Waals surface area (Å²) in [6.45, 7) is 3.50. The largest absolute Gasteiger partial charge is 0.480 e. The second kappa shape index (κ2) is 9.71. The smallest absolute Gasteiger partial charge is 0.416 e. The fourth-order valence-corrected chi connectivity index (χ4v) is 3.73. The Labute approximate surface area is 199 Å². The number of fused-ring (bicyclic) bond motifs is 1. The highest BCUT2D eigenvalue weighted by Crippen LogP contribution is 2.34. The molecule has 0 radical (unpaired) electrons. The molecule has 9 heteroatoms. The number of aromatic nitrogens is 3. The lowest BCUT2D eigenvalue weighted by Crippen LogP contribution is -2.33. The number of carboxylic acids is 1. The minimum Gasteiger partial charge on any atom is -0.480 e. The highest BCUT2D eigenvalue weighted by Gasteiger charge is 2.32. The monoisotopic (exact) mass is 480 g/mol. The van der Waals surface area contributed by atoms with Crippen LogP contribution in [0.15, 0.2) is 61.2 Å². The van der Waals surface area contributed by atoms with E-state index in [-0.39, 0.29) is 12.1 Å². The first-order valence-corrected chi connectivity index (χ1v) is 10.9. The van der Waals surface area contributed by atoms with Crippen LogP contribution < -0.4 is 5.32 Å². The maximum absolute atomic E-state index is 13.6. The topological polar surface area (TPSA) is 79.5 Å². The summed E-state index contributed by atoms with van der Waals surface area (Å²) >= 11 is 0. The van der Waals surface area contributed by atoms with Crippen LogP contribution in [-0.2, 0) is 17.5 Å². The molecule has 35 heavy (non-hydrogen) atoms. The molecule has 0 aliphatic rings. The van der Waals surface area contributed by atoms with Crippen molar-refractivity contribution in [2.24, 2.45) is 0 Å². The van der Waals surface area contributed by atoms with E-state index in [9.17, 15) is 18.0 Å².